The summed E-state index contributed by atoms with van der Waals surface area (Å²) in [6, 6.07) is 4.30. The molecule has 1 aromatic carbocycles. The van der Waals surface area contributed by atoms with E-state index in [1.807, 2.05) is 6.92 Å². The number of carbonyl (C=O) groups is 1. The molecule has 1 fully saturated rings. The number of benzene rings is 1. The van der Waals surface area contributed by atoms with Crippen molar-refractivity contribution in [3.05, 3.63) is 39.4 Å². The number of nitrogens with zero attached hydrogens (tertiary/aromatic N) is 1. The Hall–Kier alpha value is -1.66. The maximum Gasteiger partial charge on any atom is 0.270 e. The Morgan fingerprint density at radius 1 is 1.52 bits per heavy atom. The Balaban J connectivity index is 0.00000220. The zero-order valence-electron chi connectivity index (χ0n) is 12.1. The number of aryl methyl sites for hydroxylation is 1. The van der Waals surface area contributed by atoms with Gasteiger partial charge in [0.15, 0.2) is 0 Å². The fourth-order valence-electron chi connectivity index (χ4n) is 2.34. The average Bonchev–Trinajstić information content (AvgIpc) is 3.23. The molecule has 1 saturated carbocycles. The largest absolute Gasteiger partial charge is 0.345 e. The van der Waals surface area contributed by atoms with Crippen LogP contribution in [0.1, 0.15) is 35.7 Å². The predicted molar refractivity (Wildman–Crippen MR) is 82.7 cm³/mol. The van der Waals surface area contributed by atoms with E-state index >= 15 is 0 Å². The number of rotatable bonds is 5. The minimum Gasteiger partial charge on any atom is -0.345 e. The highest BCUT2D eigenvalue weighted by Crippen LogP contribution is 2.39. The summed E-state index contributed by atoms with van der Waals surface area (Å²) in [6.07, 6.45) is 2.11. The minimum absolute atomic E-state index is 0. The molecule has 0 radical (unpaired) electrons. The maximum atomic E-state index is 12.4. The van der Waals surface area contributed by atoms with Gasteiger partial charge >= 0.3 is 0 Å². The summed E-state index contributed by atoms with van der Waals surface area (Å²) in [4.78, 5) is 22.7. The van der Waals surface area contributed by atoms with Crippen molar-refractivity contribution in [2.24, 2.45) is 11.7 Å². The van der Waals surface area contributed by atoms with Crippen LogP contribution in [-0.2, 0) is 0 Å². The van der Waals surface area contributed by atoms with E-state index in [0.29, 0.717) is 23.6 Å². The van der Waals surface area contributed by atoms with E-state index in [4.69, 9.17) is 5.73 Å². The van der Waals surface area contributed by atoms with Crippen molar-refractivity contribution in [2.75, 3.05) is 6.54 Å². The van der Waals surface area contributed by atoms with Crippen LogP contribution < -0.4 is 11.1 Å². The number of halogens is 1. The van der Waals surface area contributed by atoms with Crippen LogP contribution in [-0.4, -0.2) is 22.9 Å². The summed E-state index contributed by atoms with van der Waals surface area (Å²) < 4.78 is 0. The van der Waals surface area contributed by atoms with Gasteiger partial charge in [0, 0.05) is 24.2 Å². The molecule has 1 amide bonds. The maximum absolute atomic E-state index is 12.4. The van der Waals surface area contributed by atoms with Crippen molar-refractivity contribution in [1.29, 1.82) is 0 Å². The normalized spacial score (nSPS) is 16.5. The minimum atomic E-state index is -0.501. The van der Waals surface area contributed by atoms with E-state index in [9.17, 15) is 14.9 Å². The highest BCUT2D eigenvalue weighted by molar-refractivity contribution is 5.96. The average molecular weight is 314 g/mol. The van der Waals surface area contributed by atoms with Gasteiger partial charge in [-0.1, -0.05) is 6.07 Å². The van der Waals surface area contributed by atoms with Crippen molar-refractivity contribution in [2.45, 2.75) is 32.2 Å². The first kappa shape index (κ1) is 17.4. The van der Waals surface area contributed by atoms with E-state index in [2.05, 4.69) is 5.32 Å². The van der Waals surface area contributed by atoms with Crippen LogP contribution in [0.5, 0.6) is 0 Å². The zero-order valence-corrected chi connectivity index (χ0v) is 12.9. The first-order chi connectivity index (χ1) is 9.37. The second-order valence-corrected chi connectivity index (χ2v) is 5.61. The smallest absolute Gasteiger partial charge is 0.270 e. The number of nitro benzene ring substituents is 1. The Bertz CT molecular complexity index is 560. The standard InChI is InChI=1S/C14H19N3O3.ClH/c1-9-3-6-11(17(19)20)7-12(9)13(18)16-14(2,8-15)10-4-5-10;/h3,6-7,10H,4-5,8,15H2,1-2H3,(H,16,18);1H. The van der Waals surface area contributed by atoms with Gasteiger partial charge in [0.1, 0.15) is 0 Å². The van der Waals surface area contributed by atoms with Gasteiger partial charge in [-0.25, -0.2) is 0 Å². The Morgan fingerprint density at radius 2 is 2.14 bits per heavy atom. The number of nitrogens with two attached hydrogens (primary N) is 1. The summed E-state index contributed by atoms with van der Waals surface area (Å²) >= 11 is 0. The van der Waals surface area contributed by atoms with Crippen molar-refractivity contribution >= 4 is 24.0 Å². The molecular weight excluding hydrogens is 294 g/mol. The van der Waals surface area contributed by atoms with Crippen LogP contribution in [0.3, 0.4) is 0 Å². The zero-order chi connectivity index (χ0) is 14.9. The molecular formula is C14H20ClN3O3. The van der Waals surface area contributed by atoms with Gasteiger partial charge in [-0.15, -0.1) is 12.4 Å². The Labute approximate surface area is 129 Å². The lowest BCUT2D eigenvalue weighted by atomic mass is 9.95. The SMILES string of the molecule is Cc1ccc([N+](=O)[O-])cc1C(=O)NC(C)(CN)C1CC1.Cl. The first-order valence-electron chi connectivity index (χ1n) is 6.65. The van der Waals surface area contributed by atoms with Crippen LogP contribution in [0.15, 0.2) is 18.2 Å². The number of non-ortho nitro benzene ring substituents is 1. The van der Waals surface area contributed by atoms with Crippen LogP contribution in [0.25, 0.3) is 0 Å². The lowest BCUT2D eigenvalue weighted by Gasteiger charge is -2.29. The van der Waals surface area contributed by atoms with Crippen LogP contribution in [0.4, 0.5) is 5.69 Å². The molecule has 6 nitrogen and oxygen atoms in total. The predicted octanol–water partition coefficient (Wildman–Crippen LogP) is 2.18. The Kier molecular flexibility index (Phi) is 5.31. The van der Waals surface area contributed by atoms with Crippen molar-refractivity contribution < 1.29 is 9.72 Å². The fraction of sp³-hybridized carbons (Fsp3) is 0.500. The number of amides is 1. The van der Waals surface area contributed by atoms with E-state index < -0.39 is 10.5 Å². The number of carbonyl (C=O) groups excluding carboxylic acids is 1. The van der Waals surface area contributed by atoms with Gasteiger partial charge in [0.2, 0.25) is 0 Å². The molecule has 3 N–H and O–H groups in total. The van der Waals surface area contributed by atoms with Gasteiger partial charge in [0.05, 0.1) is 10.5 Å². The van der Waals surface area contributed by atoms with Gasteiger partial charge in [-0.2, -0.15) is 0 Å². The third-order valence-electron chi connectivity index (χ3n) is 3.98. The molecule has 1 aliphatic carbocycles. The van der Waals surface area contributed by atoms with Crippen LogP contribution in [0, 0.1) is 23.0 Å². The van der Waals surface area contributed by atoms with Gasteiger partial charge in [-0.3, -0.25) is 14.9 Å². The summed E-state index contributed by atoms with van der Waals surface area (Å²) in [7, 11) is 0. The second-order valence-electron chi connectivity index (χ2n) is 5.61. The molecule has 7 heteroatoms. The molecule has 21 heavy (non-hydrogen) atoms. The molecule has 1 unspecified atom stereocenters. The number of hydrogen-bond acceptors (Lipinski definition) is 4. The summed E-state index contributed by atoms with van der Waals surface area (Å²) in [5.41, 5.74) is 6.29. The topological polar surface area (TPSA) is 98.3 Å². The lowest BCUT2D eigenvalue weighted by Crippen LogP contribution is -2.53. The molecule has 0 aliphatic heterocycles. The summed E-state index contributed by atoms with van der Waals surface area (Å²) in [5.74, 6) is 0.0986. The molecule has 1 aliphatic rings. The summed E-state index contributed by atoms with van der Waals surface area (Å²) in [6.45, 7) is 4.04. The molecule has 0 heterocycles. The van der Waals surface area contributed by atoms with E-state index in [1.165, 1.54) is 12.1 Å². The number of nitro groups is 1. The van der Waals surface area contributed by atoms with E-state index in [-0.39, 0.29) is 24.0 Å². The lowest BCUT2D eigenvalue weighted by molar-refractivity contribution is -0.384. The monoisotopic (exact) mass is 313 g/mol. The molecule has 1 aromatic rings. The molecule has 0 bridgehead atoms. The van der Waals surface area contributed by atoms with Crippen molar-refractivity contribution in [3.8, 4) is 0 Å². The van der Waals surface area contributed by atoms with Crippen molar-refractivity contribution in [3.63, 3.8) is 0 Å². The number of nitrogens with one attached hydrogen (secondary N) is 1. The van der Waals surface area contributed by atoms with Gasteiger partial charge < -0.3 is 11.1 Å². The van der Waals surface area contributed by atoms with Crippen LogP contribution >= 0.6 is 12.4 Å². The second kappa shape index (κ2) is 6.41. The van der Waals surface area contributed by atoms with Crippen LogP contribution in [0.2, 0.25) is 0 Å². The van der Waals surface area contributed by atoms with Crippen molar-refractivity contribution in [1.82, 2.24) is 5.32 Å². The number of hydrogen-bond donors (Lipinski definition) is 2. The molecule has 0 aromatic heterocycles. The third-order valence-corrected chi connectivity index (χ3v) is 3.98. The fourth-order valence-corrected chi connectivity index (χ4v) is 2.34. The molecule has 116 valence electrons. The molecule has 0 spiro atoms. The third kappa shape index (κ3) is 3.71. The first-order valence-corrected chi connectivity index (χ1v) is 6.65. The van der Waals surface area contributed by atoms with E-state index in [1.54, 1.807) is 13.0 Å². The molecule has 1 atom stereocenters. The Morgan fingerprint density at radius 3 is 2.62 bits per heavy atom. The molecule has 2 rings (SSSR count). The summed E-state index contributed by atoms with van der Waals surface area (Å²) in [5, 5.41) is 13.7. The highest BCUT2D eigenvalue weighted by Gasteiger charge is 2.41. The van der Waals surface area contributed by atoms with Gasteiger partial charge in [0.25, 0.3) is 11.6 Å². The highest BCUT2D eigenvalue weighted by atomic mass is 35.5. The quantitative estimate of drug-likeness (QED) is 0.643. The van der Waals surface area contributed by atoms with Gasteiger partial charge in [-0.05, 0) is 38.2 Å². The molecule has 0 saturated heterocycles. The van der Waals surface area contributed by atoms with E-state index in [0.717, 1.165) is 12.8 Å².